The highest BCUT2D eigenvalue weighted by Gasteiger charge is 2.12. The second kappa shape index (κ2) is 10.2. The van der Waals surface area contributed by atoms with Crippen molar-refractivity contribution in [2.45, 2.75) is 19.4 Å². The van der Waals surface area contributed by atoms with Crippen LogP contribution in [0.2, 0.25) is 0 Å². The van der Waals surface area contributed by atoms with Crippen LogP contribution in [-0.2, 0) is 13.0 Å². The van der Waals surface area contributed by atoms with E-state index in [1.165, 1.54) is 0 Å². The fraction of sp³-hybridized carbons (Fsp3) is 0.208. The van der Waals surface area contributed by atoms with Crippen LogP contribution in [0.3, 0.4) is 0 Å². The summed E-state index contributed by atoms with van der Waals surface area (Å²) in [4.78, 5) is 12.6. The Morgan fingerprint density at radius 1 is 0.857 bits per heavy atom. The third-order valence-electron chi connectivity index (χ3n) is 4.47. The summed E-state index contributed by atoms with van der Waals surface area (Å²) in [6.07, 6.45) is 1.68. The number of carbonyl (C=O) groups is 1. The first-order valence-electron chi connectivity index (χ1n) is 9.44. The zero-order chi connectivity index (χ0) is 19.6. The summed E-state index contributed by atoms with van der Waals surface area (Å²) in [5.74, 6) is 1.35. The maximum atomic E-state index is 12.6. The Labute approximate surface area is 166 Å². The van der Waals surface area contributed by atoms with Crippen LogP contribution in [0.25, 0.3) is 0 Å². The van der Waals surface area contributed by atoms with Crippen molar-refractivity contribution in [2.24, 2.45) is 0 Å². The lowest BCUT2D eigenvalue weighted by Gasteiger charge is -2.12. The summed E-state index contributed by atoms with van der Waals surface area (Å²) in [5, 5.41) is 2.99. The van der Waals surface area contributed by atoms with Crippen molar-refractivity contribution in [3.8, 4) is 11.5 Å². The molecule has 0 radical (unpaired) electrons. The van der Waals surface area contributed by atoms with E-state index in [1.54, 1.807) is 13.2 Å². The smallest absolute Gasteiger partial charge is 0.255 e. The molecule has 0 atom stereocenters. The molecule has 0 bridgehead atoms. The van der Waals surface area contributed by atoms with Crippen molar-refractivity contribution in [3.63, 3.8) is 0 Å². The predicted molar refractivity (Wildman–Crippen MR) is 111 cm³/mol. The minimum Gasteiger partial charge on any atom is -0.496 e. The number of hydrogen-bond donors (Lipinski definition) is 1. The van der Waals surface area contributed by atoms with E-state index < -0.39 is 0 Å². The molecule has 0 heterocycles. The molecular formula is C24H25NO3. The van der Waals surface area contributed by atoms with Crippen molar-refractivity contribution >= 4 is 5.91 Å². The lowest BCUT2D eigenvalue weighted by atomic mass is 10.1. The van der Waals surface area contributed by atoms with Crippen molar-refractivity contribution < 1.29 is 14.3 Å². The number of methoxy groups -OCH3 is 1. The number of para-hydroxylation sites is 2. The molecule has 0 spiro atoms. The molecule has 28 heavy (non-hydrogen) atoms. The average Bonchev–Trinajstić information content (AvgIpc) is 2.76. The van der Waals surface area contributed by atoms with Crippen LogP contribution < -0.4 is 14.8 Å². The Bertz CT molecular complexity index is 893. The Balaban J connectivity index is 1.53. The van der Waals surface area contributed by atoms with Gasteiger partial charge < -0.3 is 14.8 Å². The zero-order valence-electron chi connectivity index (χ0n) is 16.1. The Morgan fingerprint density at radius 2 is 1.54 bits per heavy atom. The normalized spacial score (nSPS) is 10.3. The molecule has 144 valence electrons. The molecule has 0 aliphatic carbocycles. The van der Waals surface area contributed by atoms with Gasteiger partial charge in [0.25, 0.3) is 5.91 Å². The van der Waals surface area contributed by atoms with Crippen molar-refractivity contribution in [3.05, 3.63) is 95.6 Å². The Hall–Kier alpha value is -3.27. The molecular weight excluding hydrogens is 350 g/mol. The van der Waals surface area contributed by atoms with Gasteiger partial charge in [0.15, 0.2) is 0 Å². The minimum absolute atomic E-state index is 0.122. The molecule has 1 amide bonds. The number of rotatable bonds is 9. The highest BCUT2D eigenvalue weighted by molar-refractivity contribution is 5.96. The molecule has 4 heteroatoms. The van der Waals surface area contributed by atoms with Crippen molar-refractivity contribution in [1.29, 1.82) is 0 Å². The first kappa shape index (κ1) is 19.5. The summed E-state index contributed by atoms with van der Waals surface area (Å²) < 4.78 is 11.2. The van der Waals surface area contributed by atoms with Gasteiger partial charge in [-0.25, -0.2) is 0 Å². The number of benzene rings is 3. The van der Waals surface area contributed by atoms with Crippen LogP contribution in [-0.4, -0.2) is 19.6 Å². The lowest BCUT2D eigenvalue weighted by molar-refractivity contribution is 0.0948. The minimum atomic E-state index is -0.122. The van der Waals surface area contributed by atoms with Gasteiger partial charge in [0, 0.05) is 6.54 Å². The van der Waals surface area contributed by atoms with E-state index in [4.69, 9.17) is 9.47 Å². The molecule has 3 aromatic carbocycles. The molecule has 1 N–H and O–H groups in total. The number of hydrogen-bond acceptors (Lipinski definition) is 3. The maximum Gasteiger partial charge on any atom is 0.255 e. The Kier molecular flexibility index (Phi) is 7.08. The van der Waals surface area contributed by atoms with Crippen LogP contribution in [0, 0.1) is 0 Å². The third-order valence-corrected chi connectivity index (χ3v) is 4.47. The van der Waals surface area contributed by atoms with Crippen LogP contribution in [0.4, 0.5) is 0 Å². The standard InChI is InChI=1S/C24H25NO3/c1-27-22-15-7-5-12-20(22)13-9-17-25-24(26)21-14-6-8-16-23(21)28-18-19-10-3-2-4-11-19/h2-8,10-12,14-16H,9,13,17-18H2,1H3,(H,25,26). The van der Waals surface area contributed by atoms with Gasteiger partial charge in [-0.3, -0.25) is 4.79 Å². The molecule has 4 nitrogen and oxygen atoms in total. The monoisotopic (exact) mass is 375 g/mol. The van der Waals surface area contributed by atoms with Crippen molar-refractivity contribution in [2.75, 3.05) is 13.7 Å². The van der Waals surface area contributed by atoms with Crippen LogP contribution in [0.5, 0.6) is 11.5 Å². The van der Waals surface area contributed by atoms with E-state index in [9.17, 15) is 4.79 Å². The highest BCUT2D eigenvalue weighted by Crippen LogP contribution is 2.20. The first-order valence-corrected chi connectivity index (χ1v) is 9.44. The van der Waals surface area contributed by atoms with Crippen LogP contribution in [0.15, 0.2) is 78.9 Å². The van der Waals surface area contributed by atoms with Gasteiger partial charge in [0.05, 0.1) is 12.7 Å². The van der Waals surface area contributed by atoms with Crippen LogP contribution in [0.1, 0.15) is 27.9 Å². The largest absolute Gasteiger partial charge is 0.496 e. The highest BCUT2D eigenvalue weighted by atomic mass is 16.5. The van der Waals surface area contributed by atoms with Gasteiger partial charge in [-0.15, -0.1) is 0 Å². The maximum absolute atomic E-state index is 12.6. The molecule has 0 aliphatic rings. The molecule has 0 saturated heterocycles. The third kappa shape index (κ3) is 5.36. The average molecular weight is 375 g/mol. The van der Waals surface area contributed by atoms with Crippen molar-refractivity contribution in [1.82, 2.24) is 5.32 Å². The Morgan fingerprint density at radius 3 is 2.32 bits per heavy atom. The summed E-state index contributed by atoms with van der Waals surface area (Å²) in [6.45, 7) is 1.02. The topological polar surface area (TPSA) is 47.6 Å². The van der Waals surface area contributed by atoms with E-state index >= 15 is 0 Å². The van der Waals surface area contributed by atoms with Gasteiger partial charge in [-0.2, -0.15) is 0 Å². The molecule has 0 saturated carbocycles. The molecule has 0 unspecified atom stereocenters. The molecule has 0 aromatic heterocycles. The zero-order valence-corrected chi connectivity index (χ0v) is 16.1. The van der Waals surface area contributed by atoms with Gasteiger partial charge >= 0.3 is 0 Å². The molecule has 0 aliphatic heterocycles. The second-order valence-electron chi connectivity index (χ2n) is 6.44. The number of amides is 1. The molecule has 3 aromatic rings. The fourth-order valence-corrected chi connectivity index (χ4v) is 3.00. The first-order chi connectivity index (χ1) is 13.8. The summed E-state index contributed by atoms with van der Waals surface area (Å²) >= 11 is 0. The molecule has 3 rings (SSSR count). The lowest BCUT2D eigenvalue weighted by Crippen LogP contribution is -2.25. The number of ether oxygens (including phenoxy) is 2. The van der Waals surface area contributed by atoms with E-state index in [2.05, 4.69) is 5.32 Å². The van der Waals surface area contributed by atoms with E-state index in [1.807, 2.05) is 72.8 Å². The van der Waals surface area contributed by atoms with Gasteiger partial charge in [0.2, 0.25) is 0 Å². The quantitative estimate of drug-likeness (QED) is 0.555. The number of nitrogens with one attached hydrogen (secondary N) is 1. The van der Waals surface area contributed by atoms with Gasteiger partial charge in [-0.05, 0) is 42.2 Å². The van der Waals surface area contributed by atoms with E-state index in [0.29, 0.717) is 24.5 Å². The molecule has 0 fully saturated rings. The fourth-order valence-electron chi connectivity index (χ4n) is 3.00. The van der Waals surface area contributed by atoms with Gasteiger partial charge in [0.1, 0.15) is 18.1 Å². The second-order valence-corrected chi connectivity index (χ2v) is 6.44. The van der Waals surface area contributed by atoms with Gasteiger partial charge in [-0.1, -0.05) is 60.7 Å². The summed E-state index contributed by atoms with van der Waals surface area (Å²) in [7, 11) is 1.67. The SMILES string of the molecule is COc1ccccc1CCCNC(=O)c1ccccc1OCc1ccccc1. The summed E-state index contributed by atoms with van der Waals surface area (Å²) in [6, 6.07) is 25.2. The van der Waals surface area contributed by atoms with E-state index in [-0.39, 0.29) is 5.91 Å². The number of aryl methyl sites for hydroxylation is 1. The predicted octanol–water partition coefficient (Wildman–Crippen LogP) is 4.64. The van der Waals surface area contributed by atoms with E-state index in [0.717, 1.165) is 29.7 Å². The summed E-state index contributed by atoms with van der Waals surface area (Å²) in [5.41, 5.74) is 2.76. The van der Waals surface area contributed by atoms with Crippen LogP contribution >= 0.6 is 0 Å². The number of carbonyl (C=O) groups excluding carboxylic acids is 1.